The quantitative estimate of drug-likeness (QED) is 0.0723. The first-order valence-electron chi connectivity index (χ1n) is 18.0. The molecular weight excluding hydrogens is 705 g/mol. The predicted octanol–water partition coefficient (Wildman–Crippen LogP) is 7.59. The van der Waals surface area contributed by atoms with E-state index in [2.05, 4.69) is 35.8 Å². The summed E-state index contributed by atoms with van der Waals surface area (Å²) in [6.45, 7) is 4.81. The topological polar surface area (TPSA) is 154 Å². The fourth-order valence-corrected chi connectivity index (χ4v) is 5.81. The van der Waals surface area contributed by atoms with Gasteiger partial charge in [0, 0.05) is 72.8 Å². The average molecular weight is 743 g/mol. The maximum Gasteiger partial charge on any atom is 0.330 e. The standard InChI is InChI=1S/C23H21N5O2.C20H17N5O/c1-2-30-22(29)11-10-19-16-26-28-21(25-15-17-7-6-12-24-14-17)13-20(27-23(19)28)18-8-4-3-5-9-18;1-14(26)17-13-23-25-19(22-12-15-6-5-9-21-11-15)10-18(24-20(17)25)16-7-3-2-4-8-16/h3-14,16,25H,2,15H2,1H3;2-11,13,22H,12H2,1H3/b11-10+;. The highest BCUT2D eigenvalue weighted by Gasteiger charge is 2.16. The summed E-state index contributed by atoms with van der Waals surface area (Å²) >= 11 is 0. The highest BCUT2D eigenvalue weighted by molar-refractivity contribution is 6.00. The molecule has 0 aliphatic carbocycles. The maximum atomic E-state index is 11.9. The second kappa shape index (κ2) is 17.5. The average Bonchev–Trinajstić information content (AvgIpc) is 3.88. The van der Waals surface area contributed by atoms with Gasteiger partial charge in [-0.3, -0.25) is 14.8 Å². The Morgan fingerprint density at radius 2 is 1.21 bits per heavy atom. The molecule has 2 aromatic carbocycles. The van der Waals surface area contributed by atoms with Crippen molar-refractivity contribution in [2.24, 2.45) is 0 Å². The second-order valence-electron chi connectivity index (χ2n) is 12.5. The smallest absolute Gasteiger partial charge is 0.330 e. The number of nitrogens with zero attached hydrogens (tertiary/aromatic N) is 8. The van der Waals surface area contributed by atoms with E-state index in [-0.39, 0.29) is 5.78 Å². The monoisotopic (exact) mass is 742 g/mol. The van der Waals surface area contributed by atoms with Crippen molar-refractivity contribution in [1.29, 1.82) is 0 Å². The summed E-state index contributed by atoms with van der Waals surface area (Å²) in [6.07, 6.45) is 13.4. The number of ether oxygens (including phenoxy) is 1. The molecule has 0 fully saturated rings. The van der Waals surface area contributed by atoms with Crippen molar-refractivity contribution in [2.75, 3.05) is 17.2 Å². The van der Waals surface area contributed by atoms with Crippen LogP contribution in [0.15, 0.2) is 140 Å². The van der Waals surface area contributed by atoms with Gasteiger partial charge in [0.15, 0.2) is 17.1 Å². The van der Waals surface area contributed by atoms with Crippen LogP contribution in [-0.4, -0.2) is 57.5 Å². The highest BCUT2D eigenvalue weighted by Crippen LogP contribution is 2.26. The molecule has 0 amide bonds. The van der Waals surface area contributed by atoms with Gasteiger partial charge in [-0.05, 0) is 43.2 Å². The van der Waals surface area contributed by atoms with Crippen molar-refractivity contribution in [3.8, 4) is 22.5 Å². The zero-order chi connectivity index (χ0) is 38.7. The maximum absolute atomic E-state index is 11.9. The number of carbonyl (C=O) groups excluding carboxylic acids is 2. The summed E-state index contributed by atoms with van der Waals surface area (Å²) in [5.41, 5.74) is 8.10. The number of Topliss-reactive ketones (excluding diaryl/α,β-unsaturated/α-hetero) is 1. The number of ketones is 1. The third kappa shape index (κ3) is 8.80. The summed E-state index contributed by atoms with van der Waals surface area (Å²) in [5.74, 6) is 1.10. The van der Waals surface area contributed by atoms with Crippen molar-refractivity contribution in [1.82, 2.24) is 39.2 Å². The van der Waals surface area contributed by atoms with Crippen LogP contribution in [0.4, 0.5) is 11.6 Å². The molecule has 278 valence electrons. The number of anilines is 2. The normalized spacial score (nSPS) is 11.0. The van der Waals surface area contributed by atoms with E-state index >= 15 is 0 Å². The molecule has 0 unspecified atom stereocenters. The zero-order valence-corrected chi connectivity index (χ0v) is 30.8. The van der Waals surface area contributed by atoms with Crippen LogP contribution in [0, 0.1) is 0 Å². The van der Waals surface area contributed by atoms with Crippen molar-refractivity contribution in [3.05, 3.63) is 163 Å². The number of esters is 1. The Balaban J connectivity index is 0.000000173. The predicted molar refractivity (Wildman–Crippen MR) is 216 cm³/mol. The molecule has 0 saturated carbocycles. The third-order valence-electron chi connectivity index (χ3n) is 8.57. The van der Waals surface area contributed by atoms with Crippen molar-refractivity contribution >= 4 is 40.8 Å². The molecule has 0 atom stereocenters. The minimum absolute atomic E-state index is 0.0593. The van der Waals surface area contributed by atoms with E-state index < -0.39 is 5.97 Å². The first-order chi connectivity index (χ1) is 27.5. The molecule has 0 aliphatic rings. The molecule has 8 aromatic rings. The molecule has 0 aliphatic heterocycles. The molecule has 13 nitrogen and oxygen atoms in total. The van der Waals surface area contributed by atoms with Crippen LogP contribution in [0.3, 0.4) is 0 Å². The lowest BCUT2D eigenvalue weighted by molar-refractivity contribution is -0.137. The Labute approximate surface area is 322 Å². The number of benzene rings is 2. The van der Waals surface area contributed by atoms with Gasteiger partial charge in [-0.2, -0.15) is 19.2 Å². The third-order valence-corrected chi connectivity index (χ3v) is 8.57. The first-order valence-corrected chi connectivity index (χ1v) is 18.0. The SMILES string of the molecule is CC(=O)c1cnn2c(NCc3cccnc3)cc(-c3ccccc3)nc12.CCOC(=O)/C=C/c1cnn2c(NCc3cccnc3)cc(-c3ccccc3)nc12. The molecule has 13 heteroatoms. The van der Waals surface area contributed by atoms with Gasteiger partial charge in [-0.1, -0.05) is 72.8 Å². The van der Waals surface area contributed by atoms with Gasteiger partial charge in [0.25, 0.3) is 0 Å². The van der Waals surface area contributed by atoms with Gasteiger partial charge in [0.1, 0.15) is 11.6 Å². The van der Waals surface area contributed by atoms with Gasteiger partial charge in [-0.25, -0.2) is 14.8 Å². The number of hydrogen-bond donors (Lipinski definition) is 2. The van der Waals surface area contributed by atoms with Gasteiger partial charge >= 0.3 is 5.97 Å². The van der Waals surface area contributed by atoms with Crippen LogP contribution in [-0.2, 0) is 22.6 Å². The summed E-state index contributed by atoms with van der Waals surface area (Å²) in [5, 5.41) is 15.6. The second-order valence-corrected chi connectivity index (χ2v) is 12.5. The van der Waals surface area contributed by atoms with E-state index in [0.717, 1.165) is 50.8 Å². The van der Waals surface area contributed by atoms with E-state index in [1.54, 1.807) is 46.8 Å². The first kappa shape index (κ1) is 36.8. The van der Waals surface area contributed by atoms with Gasteiger partial charge in [0.05, 0.1) is 36.0 Å². The summed E-state index contributed by atoms with van der Waals surface area (Å²) in [7, 11) is 0. The Morgan fingerprint density at radius 3 is 1.73 bits per heavy atom. The molecule has 0 bridgehead atoms. The van der Waals surface area contributed by atoms with Crippen LogP contribution in [0.2, 0.25) is 0 Å². The molecule has 6 heterocycles. The van der Waals surface area contributed by atoms with E-state index in [1.807, 2.05) is 109 Å². The Bertz CT molecular complexity index is 2590. The van der Waals surface area contributed by atoms with E-state index in [0.29, 0.717) is 36.6 Å². The van der Waals surface area contributed by atoms with Crippen molar-refractivity contribution in [3.63, 3.8) is 0 Å². The number of pyridine rings is 2. The molecule has 8 rings (SSSR count). The molecule has 2 N–H and O–H groups in total. The largest absolute Gasteiger partial charge is 0.463 e. The summed E-state index contributed by atoms with van der Waals surface area (Å²) in [4.78, 5) is 41.4. The fraction of sp³-hybridized carbons (Fsp3) is 0.116. The minimum Gasteiger partial charge on any atom is -0.463 e. The van der Waals surface area contributed by atoms with Gasteiger partial charge in [0.2, 0.25) is 0 Å². The molecule has 0 radical (unpaired) electrons. The molecule has 0 spiro atoms. The summed E-state index contributed by atoms with van der Waals surface area (Å²) in [6, 6.07) is 31.5. The summed E-state index contributed by atoms with van der Waals surface area (Å²) < 4.78 is 8.36. The highest BCUT2D eigenvalue weighted by atomic mass is 16.5. The number of rotatable bonds is 12. The lowest BCUT2D eigenvalue weighted by Crippen LogP contribution is -2.07. The van der Waals surface area contributed by atoms with Crippen molar-refractivity contribution < 1.29 is 14.3 Å². The molecule has 6 aromatic heterocycles. The van der Waals surface area contributed by atoms with Crippen molar-refractivity contribution in [2.45, 2.75) is 26.9 Å². The lowest BCUT2D eigenvalue weighted by Gasteiger charge is -2.11. The molecule has 56 heavy (non-hydrogen) atoms. The number of aromatic nitrogens is 8. The number of fused-ring (bicyclic) bond motifs is 2. The van der Waals surface area contributed by atoms with E-state index in [1.165, 1.54) is 13.0 Å². The number of nitrogens with one attached hydrogen (secondary N) is 2. The van der Waals surface area contributed by atoms with Gasteiger partial charge < -0.3 is 15.4 Å². The van der Waals surface area contributed by atoms with E-state index in [9.17, 15) is 9.59 Å². The number of hydrogen-bond acceptors (Lipinski definition) is 11. The number of carbonyl (C=O) groups is 2. The zero-order valence-electron chi connectivity index (χ0n) is 30.8. The minimum atomic E-state index is -0.397. The molecule has 0 saturated heterocycles. The van der Waals surface area contributed by atoms with E-state index in [4.69, 9.17) is 9.72 Å². The Kier molecular flexibility index (Phi) is 11.5. The van der Waals surface area contributed by atoms with Crippen LogP contribution in [0.1, 0.15) is 40.9 Å². The van der Waals surface area contributed by atoms with Crippen LogP contribution in [0.25, 0.3) is 39.9 Å². The van der Waals surface area contributed by atoms with Crippen LogP contribution >= 0.6 is 0 Å². The lowest BCUT2D eigenvalue weighted by atomic mass is 10.1. The van der Waals surface area contributed by atoms with Crippen LogP contribution in [0.5, 0.6) is 0 Å². The molecular formula is C43H38N10O3. The Morgan fingerprint density at radius 1 is 0.679 bits per heavy atom. The Hall–Kier alpha value is -7.54. The van der Waals surface area contributed by atoms with Crippen LogP contribution < -0.4 is 10.6 Å². The van der Waals surface area contributed by atoms with Gasteiger partial charge in [-0.15, -0.1) is 0 Å². The fourth-order valence-electron chi connectivity index (χ4n) is 5.81.